The summed E-state index contributed by atoms with van der Waals surface area (Å²) < 4.78 is 1.62. The molecule has 0 bridgehead atoms. The molecule has 0 radical (unpaired) electrons. The Labute approximate surface area is 124 Å². The molecule has 112 valence electrons. The molecule has 0 aliphatic carbocycles. The summed E-state index contributed by atoms with van der Waals surface area (Å²) in [4.78, 5) is 22.4. The van der Waals surface area contributed by atoms with Gasteiger partial charge in [-0.25, -0.2) is 14.6 Å². The zero-order chi connectivity index (χ0) is 15.6. The van der Waals surface area contributed by atoms with Crippen LogP contribution < -0.4 is 5.32 Å². The van der Waals surface area contributed by atoms with Crippen molar-refractivity contribution >= 4 is 11.7 Å². The Morgan fingerprint density at radius 2 is 2.10 bits per heavy atom. The quantitative estimate of drug-likeness (QED) is 0.917. The van der Waals surface area contributed by atoms with E-state index < -0.39 is 0 Å². The Balaban J connectivity index is 2.49. The van der Waals surface area contributed by atoms with Gasteiger partial charge in [-0.1, -0.05) is 6.92 Å². The van der Waals surface area contributed by atoms with Crippen LogP contribution in [0.25, 0.3) is 5.82 Å². The van der Waals surface area contributed by atoms with Gasteiger partial charge in [0.2, 0.25) is 0 Å². The molecule has 0 spiro atoms. The third kappa shape index (κ3) is 2.86. The van der Waals surface area contributed by atoms with E-state index in [0.717, 1.165) is 23.6 Å². The molecule has 0 aliphatic heterocycles. The van der Waals surface area contributed by atoms with Crippen LogP contribution in [0.1, 0.15) is 28.8 Å². The highest BCUT2D eigenvalue weighted by atomic mass is 16.2. The van der Waals surface area contributed by atoms with Gasteiger partial charge in [-0.15, -0.1) is 0 Å². The van der Waals surface area contributed by atoms with Gasteiger partial charge in [0.25, 0.3) is 5.91 Å². The van der Waals surface area contributed by atoms with E-state index >= 15 is 0 Å². The fourth-order valence-corrected chi connectivity index (χ4v) is 1.96. The maximum absolute atomic E-state index is 11.9. The van der Waals surface area contributed by atoms with E-state index in [1.807, 2.05) is 20.9 Å². The lowest BCUT2D eigenvalue weighted by Crippen LogP contribution is -2.22. The Bertz CT molecular complexity index is 661. The minimum atomic E-state index is -0.134. The van der Waals surface area contributed by atoms with Crippen molar-refractivity contribution in [1.82, 2.24) is 24.6 Å². The summed E-state index contributed by atoms with van der Waals surface area (Å²) in [5.41, 5.74) is 1.28. The normalized spacial score (nSPS) is 10.5. The largest absolute Gasteiger partial charge is 0.373 e. The Morgan fingerprint density at radius 1 is 1.38 bits per heavy atom. The van der Waals surface area contributed by atoms with E-state index in [2.05, 4.69) is 20.4 Å². The SMILES string of the molecule is CCc1nc(NC)c(C)c(-n2ccc(C(=O)N(C)C)n2)n1. The number of rotatable bonds is 4. The van der Waals surface area contributed by atoms with Crippen molar-refractivity contribution in [1.29, 1.82) is 0 Å². The number of anilines is 1. The van der Waals surface area contributed by atoms with Crippen LogP contribution in [-0.2, 0) is 6.42 Å². The van der Waals surface area contributed by atoms with Gasteiger partial charge in [0.05, 0.1) is 0 Å². The second-order valence-electron chi connectivity index (χ2n) is 4.89. The summed E-state index contributed by atoms with van der Waals surface area (Å²) >= 11 is 0. The number of carbonyl (C=O) groups excluding carboxylic acids is 1. The van der Waals surface area contributed by atoms with E-state index in [4.69, 9.17) is 0 Å². The Morgan fingerprint density at radius 3 is 2.67 bits per heavy atom. The van der Waals surface area contributed by atoms with E-state index in [-0.39, 0.29) is 5.91 Å². The fourth-order valence-electron chi connectivity index (χ4n) is 1.96. The van der Waals surface area contributed by atoms with Crippen molar-refractivity contribution < 1.29 is 4.79 Å². The first-order valence-electron chi connectivity index (χ1n) is 6.80. The molecule has 0 fully saturated rings. The molecule has 7 heteroatoms. The molecular weight excluding hydrogens is 268 g/mol. The third-order valence-electron chi connectivity index (χ3n) is 3.15. The van der Waals surface area contributed by atoms with Crippen LogP contribution in [0.4, 0.5) is 5.82 Å². The Kier molecular flexibility index (Phi) is 4.21. The molecule has 2 aromatic rings. The van der Waals surface area contributed by atoms with Gasteiger partial charge in [-0.05, 0) is 13.0 Å². The van der Waals surface area contributed by atoms with Gasteiger partial charge in [0.15, 0.2) is 11.5 Å². The summed E-state index contributed by atoms with van der Waals surface area (Å²) in [7, 11) is 5.22. The first-order chi connectivity index (χ1) is 9.97. The minimum absolute atomic E-state index is 0.134. The molecule has 1 amide bonds. The molecule has 0 unspecified atom stereocenters. The van der Waals surface area contributed by atoms with E-state index in [0.29, 0.717) is 11.5 Å². The summed E-state index contributed by atoms with van der Waals surface area (Å²) in [6.07, 6.45) is 2.47. The monoisotopic (exact) mass is 288 g/mol. The van der Waals surface area contributed by atoms with Crippen molar-refractivity contribution in [2.75, 3.05) is 26.5 Å². The van der Waals surface area contributed by atoms with Crippen molar-refractivity contribution in [2.45, 2.75) is 20.3 Å². The number of hydrogen-bond acceptors (Lipinski definition) is 5. The van der Waals surface area contributed by atoms with Crippen LogP contribution in [0.5, 0.6) is 0 Å². The molecule has 2 heterocycles. The second kappa shape index (κ2) is 5.90. The zero-order valence-electron chi connectivity index (χ0n) is 13.0. The van der Waals surface area contributed by atoms with Crippen LogP contribution in [0.2, 0.25) is 0 Å². The standard InChI is InChI=1S/C14H20N6O/c1-6-11-16-12(15-3)9(2)13(17-11)20-8-7-10(18-20)14(21)19(4)5/h7-8H,6H2,1-5H3,(H,15,16,17). The highest BCUT2D eigenvalue weighted by molar-refractivity contribution is 5.91. The number of hydrogen-bond donors (Lipinski definition) is 1. The smallest absolute Gasteiger partial charge is 0.273 e. The van der Waals surface area contributed by atoms with Gasteiger partial charge in [0.1, 0.15) is 11.6 Å². The number of aromatic nitrogens is 4. The highest BCUT2D eigenvalue weighted by Gasteiger charge is 2.15. The topological polar surface area (TPSA) is 75.9 Å². The van der Waals surface area contributed by atoms with Gasteiger partial charge >= 0.3 is 0 Å². The van der Waals surface area contributed by atoms with E-state index in [1.165, 1.54) is 4.90 Å². The summed E-state index contributed by atoms with van der Waals surface area (Å²) in [5, 5.41) is 7.38. The number of nitrogens with one attached hydrogen (secondary N) is 1. The maximum atomic E-state index is 11.9. The minimum Gasteiger partial charge on any atom is -0.373 e. The lowest BCUT2D eigenvalue weighted by molar-refractivity contribution is 0.0821. The molecule has 0 saturated carbocycles. The van der Waals surface area contributed by atoms with Gasteiger partial charge in [-0.2, -0.15) is 5.10 Å². The lowest BCUT2D eigenvalue weighted by Gasteiger charge is -2.11. The summed E-state index contributed by atoms with van der Waals surface area (Å²) in [6, 6.07) is 1.69. The summed E-state index contributed by atoms with van der Waals surface area (Å²) in [6.45, 7) is 3.92. The zero-order valence-corrected chi connectivity index (χ0v) is 13.0. The van der Waals surface area contributed by atoms with E-state index in [9.17, 15) is 4.79 Å². The first kappa shape index (κ1) is 15.0. The van der Waals surface area contributed by atoms with Crippen molar-refractivity contribution in [2.24, 2.45) is 0 Å². The summed E-state index contributed by atoms with van der Waals surface area (Å²) in [5.74, 6) is 2.05. The van der Waals surface area contributed by atoms with Gasteiger partial charge < -0.3 is 10.2 Å². The third-order valence-corrected chi connectivity index (χ3v) is 3.15. The van der Waals surface area contributed by atoms with Gasteiger partial charge in [-0.3, -0.25) is 4.79 Å². The number of aryl methyl sites for hydroxylation is 1. The number of nitrogens with zero attached hydrogens (tertiary/aromatic N) is 5. The Hall–Kier alpha value is -2.44. The number of carbonyl (C=O) groups is 1. The molecule has 0 aromatic carbocycles. The van der Waals surface area contributed by atoms with Gasteiger partial charge in [0, 0.05) is 39.3 Å². The predicted molar refractivity (Wildman–Crippen MR) is 80.8 cm³/mol. The molecule has 0 atom stereocenters. The first-order valence-corrected chi connectivity index (χ1v) is 6.80. The van der Waals surface area contributed by atoms with Crippen LogP contribution in [-0.4, -0.2) is 51.7 Å². The average Bonchev–Trinajstić information content (AvgIpc) is 2.96. The lowest BCUT2D eigenvalue weighted by atomic mass is 10.3. The predicted octanol–water partition coefficient (Wildman–Crippen LogP) is 1.28. The van der Waals surface area contributed by atoms with Crippen LogP contribution in [0.15, 0.2) is 12.3 Å². The molecule has 21 heavy (non-hydrogen) atoms. The average molecular weight is 288 g/mol. The van der Waals surface area contributed by atoms with Crippen LogP contribution in [0.3, 0.4) is 0 Å². The second-order valence-corrected chi connectivity index (χ2v) is 4.89. The molecular formula is C14H20N6O. The van der Waals surface area contributed by atoms with Crippen molar-refractivity contribution in [3.8, 4) is 5.82 Å². The molecule has 7 nitrogen and oxygen atoms in total. The molecule has 2 aromatic heterocycles. The number of amides is 1. The molecule has 1 N–H and O–H groups in total. The molecule has 2 rings (SSSR count). The molecule has 0 aliphatic rings. The van der Waals surface area contributed by atoms with Crippen LogP contribution >= 0.6 is 0 Å². The van der Waals surface area contributed by atoms with Crippen molar-refractivity contribution in [3.05, 3.63) is 29.3 Å². The van der Waals surface area contributed by atoms with Crippen LogP contribution in [0, 0.1) is 6.92 Å². The molecule has 0 saturated heterocycles. The van der Waals surface area contributed by atoms with Crippen molar-refractivity contribution in [3.63, 3.8) is 0 Å². The maximum Gasteiger partial charge on any atom is 0.273 e. The fraction of sp³-hybridized carbons (Fsp3) is 0.429. The van der Waals surface area contributed by atoms with E-state index in [1.54, 1.807) is 31.0 Å². The highest BCUT2D eigenvalue weighted by Crippen LogP contribution is 2.19.